The molecule has 1 aromatic carbocycles. The summed E-state index contributed by atoms with van der Waals surface area (Å²) >= 11 is 5.68. The van der Waals surface area contributed by atoms with Gasteiger partial charge in [0, 0.05) is 17.6 Å². The Labute approximate surface area is 114 Å². The summed E-state index contributed by atoms with van der Waals surface area (Å²) in [5.74, 6) is -0.0217. The van der Waals surface area contributed by atoms with Gasteiger partial charge in [-0.25, -0.2) is 21.9 Å². The minimum absolute atomic E-state index is 0.0217. The molecule has 0 bridgehead atoms. The van der Waals surface area contributed by atoms with Gasteiger partial charge in [0.2, 0.25) is 10.0 Å². The van der Waals surface area contributed by atoms with Gasteiger partial charge in [0.1, 0.15) is 16.7 Å². The third-order valence-electron chi connectivity index (χ3n) is 2.19. The summed E-state index contributed by atoms with van der Waals surface area (Å²) in [7, 11) is -2.83. The van der Waals surface area contributed by atoms with Crippen molar-refractivity contribution in [2.24, 2.45) is 0 Å². The second-order valence-electron chi connectivity index (χ2n) is 3.55. The van der Waals surface area contributed by atoms with Crippen LogP contribution in [0.2, 0.25) is 5.02 Å². The van der Waals surface area contributed by atoms with Gasteiger partial charge in [0.15, 0.2) is 0 Å². The van der Waals surface area contributed by atoms with Crippen LogP contribution < -0.4 is 9.46 Å². The topological polar surface area (TPSA) is 75.6 Å². The molecule has 5 nitrogen and oxygen atoms in total. The van der Waals surface area contributed by atoms with Crippen molar-refractivity contribution < 1.29 is 27.0 Å². The van der Waals surface area contributed by atoms with Crippen molar-refractivity contribution in [1.82, 2.24) is 4.72 Å². The molecule has 0 aliphatic heterocycles. The maximum absolute atomic E-state index is 12.1. The van der Waals surface area contributed by atoms with E-state index in [9.17, 15) is 17.2 Å². The van der Waals surface area contributed by atoms with Crippen molar-refractivity contribution >= 4 is 21.6 Å². The van der Waals surface area contributed by atoms with E-state index in [1.165, 1.54) is 25.3 Å². The summed E-state index contributed by atoms with van der Waals surface area (Å²) in [5.41, 5.74) is 0. The van der Waals surface area contributed by atoms with Gasteiger partial charge in [0.25, 0.3) is 6.43 Å². The first kappa shape index (κ1) is 16.1. The highest BCUT2D eigenvalue weighted by atomic mass is 35.5. The van der Waals surface area contributed by atoms with Gasteiger partial charge in [0.05, 0.1) is 7.11 Å². The summed E-state index contributed by atoms with van der Waals surface area (Å²) in [5, 5.41) is 9.15. The van der Waals surface area contributed by atoms with Crippen LogP contribution >= 0.6 is 11.6 Å². The molecule has 1 aromatic rings. The molecular formula is C10H12ClF2NO4S. The highest BCUT2D eigenvalue weighted by Gasteiger charge is 2.23. The van der Waals surface area contributed by atoms with Crippen molar-refractivity contribution in [3.8, 4) is 5.75 Å². The fourth-order valence-electron chi connectivity index (χ4n) is 1.23. The van der Waals surface area contributed by atoms with E-state index in [1.54, 1.807) is 0 Å². The predicted molar refractivity (Wildman–Crippen MR) is 65.2 cm³/mol. The van der Waals surface area contributed by atoms with Gasteiger partial charge in [-0.3, -0.25) is 0 Å². The fourth-order valence-corrected chi connectivity index (χ4v) is 2.59. The molecule has 0 saturated carbocycles. The van der Waals surface area contributed by atoms with E-state index >= 15 is 0 Å². The van der Waals surface area contributed by atoms with Crippen molar-refractivity contribution in [1.29, 1.82) is 0 Å². The molecular weight excluding hydrogens is 304 g/mol. The molecule has 0 fully saturated rings. The van der Waals surface area contributed by atoms with Gasteiger partial charge >= 0.3 is 0 Å². The molecule has 2 N–H and O–H groups in total. The number of methoxy groups -OCH3 is 1. The molecule has 9 heteroatoms. The summed E-state index contributed by atoms with van der Waals surface area (Å²) in [6.45, 7) is -0.800. The normalized spacial score (nSPS) is 13.6. The Morgan fingerprint density at radius 2 is 2.11 bits per heavy atom. The summed E-state index contributed by atoms with van der Waals surface area (Å²) in [6, 6.07) is 3.78. The van der Waals surface area contributed by atoms with Crippen LogP contribution in [0.5, 0.6) is 5.75 Å². The quantitative estimate of drug-likeness (QED) is 0.828. The molecule has 1 unspecified atom stereocenters. The number of halogens is 3. The lowest BCUT2D eigenvalue weighted by Crippen LogP contribution is -2.35. The van der Waals surface area contributed by atoms with E-state index < -0.39 is 29.1 Å². The van der Waals surface area contributed by atoms with Gasteiger partial charge in [-0.15, -0.1) is 0 Å². The third kappa shape index (κ3) is 4.27. The van der Waals surface area contributed by atoms with Crippen molar-refractivity contribution in [2.75, 3.05) is 13.7 Å². The molecule has 0 spiro atoms. The highest BCUT2D eigenvalue weighted by molar-refractivity contribution is 7.89. The Hall–Kier alpha value is -0.960. The molecule has 0 heterocycles. The van der Waals surface area contributed by atoms with Crippen molar-refractivity contribution in [3.63, 3.8) is 0 Å². The van der Waals surface area contributed by atoms with Gasteiger partial charge in [-0.1, -0.05) is 11.6 Å². The number of ether oxygens (including phenoxy) is 1. The minimum atomic E-state index is -4.08. The summed E-state index contributed by atoms with van der Waals surface area (Å²) in [4.78, 5) is -0.249. The molecule has 0 saturated heterocycles. The van der Waals surface area contributed by atoms with Crippen LogP contribution in [0.3, 0.4) is 0 Å². The fraction of sp³-hybridized carbons (Fsp3) is 0.400. The van der Waals surface area contributed by atoms with E-state index in [2.05, 4.69) is 0 Å². The van der Waals surface area contributed by atoms with Crippen LogP contribution in [-0.2, 0) is 10.0 Å². The van der Waals surface area contributed by atoms with Crippen molar-refractivity contribution in [2.45, 2.75) is 17.4 Å². The Balaban J connectivity index is 2.95. The number of nitrogens with one attached hydrogen (secondary N) is 1. The van der Waals surface area contributed by atoms with Crippen LogP contribution in [0, 0.1) is 0 Å². The number of hydrogen-bond acceptors (Lipinski definition) is 4. The van der Waals surface area contributed by atoms with Crippen LogP contribution in [0.1, 0.15) is 0 Å². The first-order chi connectivity index (χ1) is 8.77. The van der Waals surface area contributed by atoms with E-state index in [0.717, 1.165) is 0 Å². The number of rotatable bonds is 6. The first-order valence-corrected chi connectivity index (χ1v) is 6.93. The number of sulfonamides is 1. The number of hydrogen-bond donors (Lipinski definition) is 2. The Bertz CT molecular complexity index is 538. The zero-order valence-corrected chi connectivity index (χ0v) is 11.4. The highest BCUT2D eigenvalue weighted by Crippen LogP contribution is 2.26. The average Bonchev–Trinajstić information content (AvgIpc) is 2.35. The lowest BCUT2D eigenvalue weighted by Gasteiger charge is -2.13. The van der Waals surface area contributed by atoms with Gasteiger partial charge in [-0.2, -0.15) is 0 Å². The Kier molecular flexibility index (Phi) is 5.48. The second kappa shape index (κ2) is 6.47. The van der Waals surface area contributed by atoms with E-state index in [-0.39, 0.29) is 15.7 Å². The van der Waals surface area contributed by atoms with E-state index in [0.29, 0.717) is 0 Å². The predicted octanol–water partition coefficient (Wildman–Crippen LogP) is 1.25. The lowest BCUT2D eigenvalue weighted by atomic mass is 10.3. The smallest absolute Gasteiger partial charge is 0.265 e. The molecule has 0 aliphatic rings. The van der Waals surface area contributed by atoms with Crippen LogP contribution in [0.25, 0.3) is 0 Å². The maximum atomic E-state index is 12.1. The molecule has 1 rings (SSSR count). The van der Waals surface area contributed by atoms with E-state index in [4.69, 9.17) is 21.4 Å². The average molecular weight is 316 g/mol. The van der Waals surface area contributed by atoms with Crippen LogP contribution in [-0.4, -0.2) is 39.7 Å². The molecule has 0 amide bonds. The summed E-state index contributed by atoms with van der Waals surface area (Å²) in [6.07, 6.45) is -5.11. The Morgan fingerprint density at radius 3 is 2.63 bits per heavy atom. The van der Waals surface area contributed by atoms with Crippen LogP contribution in [0.4, 0.5) is 8.78 Å². The first-order valence-electron chi connectivity index (χ1n) is 5.07. The number of aliphatic hydroxyl groups excluding tert-OH is 1. The molecule has 19 heavy (non-hydrogen) atoms. The second-order valence-corrected chi connectivity index (χ2v) is 5.72. The molecule has 1 atom stereocenters. The van der Waals surface area contributed by atoms with Crippen LogP contribution in [0.15, 0.2) is 23.1 Å². The molecule has 0 radical (unpaired) electrons. The SMILES string of the molecule is COc1cc(Cl)ccc1S(=O)(=O)NCC(O)C(F)F. The zero-order valence-electron chi connectivity index (χ0n) is 9.81. The van der Waals surface area contributed by atoms with E-state index in [1.807, 2.05) is 4.72 Å². The minimum Gasteiger partial charge on any atom is -0.495 e. The standard InChI is InChI=1S/C10H12ClF2NO4S/c1-18-8-4-6(11)2-3-9(8)19(16,17)14-5-7(15)10(12)13/h2-4,7,10,14-15H,5H2,1H3. The monoisotopic (exact) mass is 315 g/mol. The third-order valence-corrected chi connectivity index (χ3v) is 3.89. The number of alkyl halides is 2. The zero-order chi connectivity index (χ0) is 14.6. The Morgan fingerprint density at radius 1 is 1.47 bits per heavy atom. The molecule has 0 aromatic heterocycles. The van der Waals surface area contributed by atoms with Gasteiger partial charge < -0.3 is 9.84 Å². The lowest BCUT2D eigenvalue weighted by molar-refractivity contribution is -0.000454. The maximum Gasteiger partial charge on any atom is 0.265 e. The number of benzene rings is 1. The summed E-state index contributed by atoms with van der Waals surface area (Å²) < 4.78 is 54.6. The van der Waals surface area contributed by atoms with Gasteiger partial charge in [-0.05, 0) is 12.1 Å². The van der Waals surface area contributed by atoms with Crippen molar-refractivity contribution in [3.05, 3.63) is 23.2 Å². The number of aliphatic hydroxyl groups is 1. The molecule has 108 valence electrons. The molecule has 0 aliphatic carbocycles. The largest absolute Gasteiger partial charge is 0.495 e.